The van der Waals surface area contributed by atoms with Crippen molar-refractivity contribution in [3.05, 3.63) is 29.1 Å². The van der Waals surface area contributed by atoms with Crippen LogP contribution in [0.2, 0.25) is 0 Å². The van der Waals surface area contributed by atoms with Crippen LogP contribution in [0.25, 0.3) is 10.6 Å². The molecule has 0 amide bonds. The van der Waals surface area contributed by atoms with Gasteiger partial charge in [0.15, 0.2) is 11.7 Å². The molecule has 2 N–H and O–H groups in total. The maximum Gasteiger partial charge on any atom is 0.196 e. The molecule has 3 nitrogen and oxygen atoms in total. The van der Waals surface area contributed by atoms with Gasteiger partial charge in [-0.05, 0) is 23.9 Å². The highest BCUT2D eigenvalue weighted by molar-refractivity contribution is 7.13. The number of aromatic nitrogens is 1. The highest BCUT2D eigenvalue weighted by Gasteiger charge is 2.09. The van der Waals surface area contributed by atoms with Crippen LogP contribution in [0, 0.1) is 6.92 Å². The lowest BCUT2D eigenvalue weighted by Gasteiger charge is -1.92. The van der Waals surface area contributed by atoms with Crippen LogP contribution in [-0.4, -0.2) is 11.5 Å². The molecule has 4 heteroatoms. The van der Waals surface area contributed by atoms with Gasteiger partial charge < -0.3 is 10.2 Å². The second kappa shape index (κ2) is 3.94. The average Bonchev–Trinajstić information content (AvgIpc) is 2.74. The van der Waals surface area contributed by atoms with Crippen molar-refractivity contribution in [2.75, 3.05) is 6.54 Å². The second-order valence-corrected chi connectivity index (χ2v) is 4.01. The Morgan fingerprint density at radius 1 is 1.57 bits per heavy atom. The summed E-state index contributed by atoms with van der Waals surface area (Å²) < 4.78 is 5.57. The molecule has 0 radical (unpaired) electrons. The number of nitrogens with two attached hydrogens (primary N) is 1. The fraction of sp³-hybridized carbons (Fsp3) is 0.300. The molecule has 0 saturated carbocycles. The summed E-state index contributed by atoms with van der Waals surface area (Å²) in [7, 11) is 0. The number of thiophene rings is 1. The zero-order valence-electron chi connectivity index (χ0n) is 7.99. The van der Waals surface area contributed by atoms with Crippen molar-refractivity contribution >= 4 is 11.3 Å². The van der Waals surface area contributed by atoms with Crippen molar-refractivity contribution in [3.63, 3.8) is 0 Å². The minimum absolute atomic E-state index is 0.573. The average molecular weight is 208 g/mol. The quantitative estimate of drug-likeness (QED) is 0.841. The number of rotatable bonds is 3. The Morgan fingerprint density at radius 2 is 2.43 bits per heavy atom. The van der Waals surface area contributed by atoms with E-state index in [-0.39, 0.29) is 0 Å². The lowest BCUT2D eigenvalue weighted by Crippen LogP contribution is -2.02. The monoisotopic (exact) mass is 208 g/mol. The molecule has 0 aromatic carbocycles. The van der Waals surface area contributed by atoms with Crippen molar-refractivity contribution in [3.8, 4) is 10.6 Å². The highest BCUT2D eigenvalue weighted by atomic mass is 32.1. The van der Waals surface area contributed by atoms with Gasteiger partial charge in [-0.25, -0.2) is 4.98 Å². The molecule has 0 bridgehead atoms. The van der Waals surface area contributed by atoms with Gasteiger partial charge in [0.2, 0.25) is 0 Å². The van der Waals surface area contributed by atoms with Gasteiger partial charge in [0, 0.05) is 13.0 Å². The fourth-order valence-corrected chi connectivity index (χ4v) is 2.15. The molecular weight excluding hydrogens is 196 g/mol. The molecule has 0 unspecified atom stereocenters. The van der Waals surface area contributed by atoms with Crippen LogP contribution < -0.4 is 5.73 Å². The number of nitrogens with zero attached hydrogens (tertiary/aromatic N) is 1. The summed E-state index contributed by atoms with van der Waals surface area (Å²) in [5, 5.41) is 2.05. The van der Waals surface area contributed by atoms with E-state index in [0.29, 0.717) is 13.0 Å². The number of aryl methyl sites for hydroxylation is 1. The first-order chi connectivity index (χ1) is 6.81. The van der Waals surface area contributed by atoms with E-state index in [4.69, 9.17) is 10.2 Å². The summed E-state index contributed by atoms with van der Waals surface area (Å²) in [5.74, 6) is 1.57. The van der Waals surface area contributed by atoms with Crippen molar-refractivity contribution in [1.29, 1.82) is 0 Å². The van der Waals surface area contributed by atoms with Crippen LogP contribution >= 0.6 is 11.3 Å². The van der Waals surface area contributed by atoms with Gasteiger partial charge >= 0.3 is 0 Å². The van der Waals surface area contributed by atoms with Crippen LogP contribution in [0.1, 0.15) is 11.5 Å². The van der Waals surface area contributed by atoms with E-state index >= 15 is 0 Å². The van der Waals surface area contributed by atoms with Gasteiger partial charge in [-0.3, -0.25) is 0 Å². The summed E-state index contributed by atoms with van der Waals surface area (Å²) in [5.41, 5.74) is 6.65. The second-order valence-electron chi connectivity index (χ2n) is 3.09. The van der Waals surface area contributed by atoms with Gasteiger partial charge in [-0.2, -0.15) is 0 Å². The highest BCUT2D eigenvalue weighted by Crippen LogP contribution is 2.29. The Kier molecular flexibility index (Phi) is 2.65. The van der Waals surface area contributed by atoms with Gasteiger partial charge in [0.1, 0.15) is 0 Å². The smallest absolute Gasteiger partial charge is 0.196 e. The maximum absolute atomic E-state index is 5.57. The summed E-state index contributed by atoms with van der Waals surface area (Å²) in [6.07, 6.45) is 2.47. The lowest BCUT2D eigenvalue weighted by atomic mass is 10.2. The zero-order valence-corrected chi connectivity index (χ0v) is 8.80. The maximum atomic E-state index is 5.57. The third-order valence-electron chi connectivity index (χ3n) is 2.00. The van der Waals surface area contributed by atoms with E-state index < -0.39 is 0 Å². The predicted octanol–water partition coefficient (Wildman–Crippen LogP) is 2.21. The summed E-state index contributed by atoms with van der Waals surface area (Å²) in [4.78, 5) is 5.32. The molecule has 0 aliphatic rings. The van der Waals surface area contributed by atoms with Crippen molar-refractivity contribution in [1.82, 2.24) is 4.98 Å². The van der Waals surface area contributed by atoms with Crippen molar-refractivity contribution in [2.24, 2.45) is 5.73 Å². The Morgan fingerprint density at radius 3 is 3.07 bits per heavy atom. The first kappa shape index (κ1) is 9.43. The molecule has 14 heavy (non-hydrogen) atoms. The third-order valence-corrected chi connectivity index (χ3v) is 3.03. The van der Waals surface area contributed by atoms with E-state index in [0.717, 1.165) is 16.5 Å². The van der Waals surface area contributed by atoms with Gasteiger partial charge in [0.05, 0.1) is 11.1 Å². The van der Waals surface area contributed by atoms with E-state index in [2.05, 4.69) is 23.4 Å². The first-order valence-electron chi connectivity index (χ1n) is 4.50. The standard InChI is InChI=1S/C10H12N2OS/c1-7-3-5-14-10(7)8-6-12-9(13-8)2-4-11/h3,5-6H,2,4,11H2,1H3. The summed E-state index contributed by atoms with van der Waals surface area (Å²) >= 11 is 1.67. The van der Waals surface area contributed by atoms with Crippen LogP contribution in [0.4, 0.5) is 0 Å². The topological polar surface area (TPSA) is 52.0 Å². The Balaban J connectivity index is 2.29. The molecule has 0 saturated heterocycles. The number of hydrogen-bond donors (Lipinski definition) is 1. The van der Waals surface area contributed by atoms with Crippen LogP contribution in [0.5, 0.6) is 0 Å². The largest absolute Gasteiger partial charge is 0.440 e. The molecule has 2 aromatic rings. The SMILES string of the molecule is Cc1ccsc1-c1cnc(CCN)o1. The lowest BCUT2D eigenvalue weighted by molar-refractivity contribution is 0.508. The van der Waals surface area contributed by atoms with Crippen LogP contribution in [-0.2, 0) is 6.42 Å². The minimum atomic E-state index is 0.573. The van der Waals surface area contributed by atoms with Crippen LogP contribution in [0.3, 0.4) is 0 Å². The Hall–Kier alpha value is -1.13. The van der Waals surface area contributed by atoms with E-state index in [1.54, 1.807) is 17.5 Å². The number of oxazole rings is 1. The Labute approximate surface area is 86.6 Å². The summed E-state index contributed by atoms with van der Waals surface area (Å²) in [6.45, 7) is 2.64. The normalized spacial score (nSPS) is 10.7. The molecule has 0 spiro atoms. The first-order valence-corrected chi connectivity index (χ1v) is 5.38. The summed E-state index contributed by atoms with van der Waals surface area (Å²) in [6, 6.07) is 2.07. The van der Waals surface area contributed by atoms with E-state index in [1.165, 1.54) is 5.56 Å². The van der Waals surface area contributed by atoms with Gasteiger partial charge in [-0.1, -0.05) is 0 Å². The molecule has 0 fully saturated rings. The molecule has 0 aliphatic carbocycles. The molecular formula is C10H12N2OS. The predicted molar refractivity (Wildman–Crippen MR) is 57.3 cm³/mol. The van der Waals surface area contributed by atoms with Crippen molar-refractivity contribution in [2.45, 2.75) is 13.3 Å². The fourth-order valence-electron chi connectivity index (χ4n) is 1.28. The molecule has 2 heterocycles. The molecule has 2 aromatic heterocycles. The van der Waals surface area contributed by atoms with Crippen LogP contribution in [0.15, 0.2) is 22.1 Å². The molecule has 74 valence electrons. The minimum Gasteiger partial charge on any atom is -0.440 e. The van der Waals surface area contributed by atoms with Gasteiger partial charge in [-0.15, -0.1) is 11.3 Å². The Bertz CT molecular complexity index is 419. The van der Waals surface area contributed by atoms with Crippen molar-refractivity contribution < 1.29 is 4.42 Å². The molecule has 0 atom stereocenters. The molecule has 2 rings (SSSR count). The zero-order chi connectivity index (χ0) is 9.97. The van der Waals surface area contributed by atoms with Gasteiger partial charge in [0.25, 0.3) is 0 Å². The molecule has 0 aliphatic heterocycles. The number of hydrogen-bond acceptors (Lipinski definition) is 4. The third kappa shape index (κ3) is 1.71. The van der Waals surface area contributed by atoms with E-state index in [1.807, 2.05) is 0 Å². The van der Waals surface area contributed by atoms with E-state index in [9.17, 15) is 0 Å².